The Kier molecular flexibility index (Phi) is 6.36. The fourth-order valence-electron chi connectivity index (χ4n) is 1.53. The smallest absolute Gasteiger partial charge is 0.309 e. The fraction of sp³-hybridized carbons (Fsp3) is 0.333. The van der Waals surface area contributed by atoms with Crippen molar-refractivity contribution in [3.63, 3.8) is 0 Å². The molecule has 0 aliphatic carbocycles. The van der Waals surface area contributed by atoms with Crippen LogP contribution in [0.3, 0.4) is 0 Å². The van der Waals surface area contributed by atoms with Crippen LogP contribution in [-0.4, -0.2) is 24.6 Å². The van der Waals surface area contributed by atoms with E-state index in [1.807, 2.05) is 36.4 Å². The first kappa shape index (κ1) is 15.0. The first-order valence-corrected chi connectivity index (χ1v) is 6.18. The molecule has 0 bridgehead atoms. The molecule has 4 nitrogen and oxygen atoms in total. The molecule has 4 heteroatoms. The third kappa shape index (κ3) is 6.41. The molecule has 0 aromatic heterocycles. The highest BCUT2D eigenvalue weighted by Crippen LogP contribution is 2.08. The van der Waals surface area contributed by atoms with E-state index >= 15 is 0 Å². The van der Waals surface area contributed by atoms with E-state index in [2.05, 4.69) is 0 Å². The Morgan fingerprint density at radius 1 is 1.26 bits per heavy atom. The second-order valence-corrected chi connectivity index (χ2v) is 3.93. The minimum atomic E-state index is -0.600. The quantitative estimate of drug-likeness (QED) is 0.739. The van der Waals surface area contributed by atoms with E-state index in [0.717, 1.165) is 5.56 Å². The summed E-state index contributed by atoms with van der Waals surface area (Å²) in [6, 6.07) is 9.58. The monoisotopic (exact) mass is 262 g/mol. The van der Waals surface area contributed by atoms with E-state index in [9.17, 15) is 9.59 Å². The Hall–Kier alpha value is -2.10. The van der Waals surface area contributed by atoms with Gasteiger partial charge in [0.25, 0.3) is 0 Å². The van der Waals surface area contributed by atoms with Crippen molar-refractivity contribution in [3.8, 4) is 0 Å². The standard InChI is InChI=1S/C15H18O4/c1-3-18-15(17)11-14(19-12(2)16)10-9-13-7-5-4-6-8-13/h4-10,14H,3,11H2,1-2H3/b10-9+. The van der Waals surface area contributed by atoms with E-state index in [1.54, 1.807) is 13.0 Å². The van der Waals surface area contributed by atoms with Gasteiger partial charge in [-0.2, -0.15) is 0 Å². The Labute approximate surface area is 113 Å². The minimum Gasteiger partial charge on any atom is -0.466 e. The highest BCUT2D eigenvalue weighted by molar-refractivity contribution is 5.72. The van der Waals surface area contributed by atoms with Crippen molar-refractivity contribution in [2.75, 3.05) is 6.61 Å². The summed E-state index contributed by atoms with van der Waals surface area (Å²) in [5.41, 5.74) is 0.975. The molecular weight excluding hydrogens is 244 g/mol. The first-order chi connectivity index (χ1) is 9.11. The summed E-state index contributed by atoms with van der Waals surface area (Å²) in [6.45, 7) is 3.36. The molecule has 19 heavy (non-hydrogen) atoms. The maximum Gasteiger partial charge on any atom is 0.309 e. The predicted octanol–water partition coefficient (Wildman–Crippen LogP) is 2.58. The molecule has 0 saturated heterocycles. The number of hydrogen-bond donors (Lipinski definition) is 0. The summed E-state index contributed by atoms with van der Waals surface area (Å²) in [6.07, 6.45) is 2.92. The van der Waals surface area contributed by atoms with Crippen LogP contribution in [-0.2, 0) is 19.1 Å². The van der Waals surface area contributed by atoms with Crippen LogP contribution >= 0.6 is 0 Å². The zero-order valence-electron chi connectivity index (χ0n) is 11.2. The molecule has 0 spiro atoms. The van der Waals surface area contributed by atoms with E-state index < -0.39 is 12.1 Å². The second kappa shape index (κ2) is 8.08. The van der Waals surface area contributed by atoms with Crippen LogP contribution in [0.25, 0.3) is 6.08 Å². The van der Waals surface area contributed by atoms with Crippen molar-refractivity contribution < 1.29 is 19.1 Å². The van der Waals surface area contributed by atoms with Crippen molar-refractivity contribution in [2.45, 2.75) is 26.4 Å². The molecule has 0 aliphatic heterocycles. The maximum atomic E-state index is 11.4. The van der Waals surface area contributed by atoms with Gasteiger partial charge in [-0.25, -0.2) is 0 Å². The molecule has 1 aromatic rings. The molecule has 1 atom stereocenters. The van der Waals surface area contributed by atoms with Gasteiger partial charge in [0.05, 0.1) is 13.0 Å². The lowest BCUT2D eigenvalue weighted by molar-refractivity contribution is -0.150. The molecule has 1 unspecified atom stereocenters. The Morgan fingerprint density at radius 2 is 1.95 bits per heavy atom. The molecule has 0 fully saturated rings. The highest BCUT2D eigenvalue weighted by atomic mass is 16.6. The lowest BCUT2D eigenvalue weighted by atomic mass is 10.1. The van der Waals surface area contributed by atoms with E-state index in [1.165, 1.54) is 6.92 Å². The summed E-state index contributed by atoms with van der Waals surface area (Å²) in [4.78, 5) is 22.4. The molecule has 0 heterocycles. The Morgan fingerprint density at radius 3 is 2.53 bits per heavy atom. The number of rotatable bonds is 6. The van der Waals surface area contributed by atoms with Crippen molar-refractivity contribution in [1.29, 1.82) is 0 Å². The SMILES string of the molecule is CCOC(=O)CC(/C=C/c1ccccc1)OC(C)=O. The van der Waals surface area contributed by atoms with Gasteiger partial charge in [0.2, 0.25) is 0 Å². The normalized spacial score (nSPS) is 12.1. The number of ether oxygens (including phenoxy) is 2. The van der Waals surface area contributed by atoms with Gasteiger partial charge in [-0.15, -0.1) is 0 Å². The lowest BCUT2D eigenvalue weighted by Gasteiger charge is -2.12. The van der Waals surface area contributed by atoms with E-state index in [4.69, 9.17) is 9.47 Å². The topological polar surface area (TPSA) is 52.6 Å². The lowest BCUT2D eigenvalue weighted by Crippen LogP contribution is -2.19. The number of esters is 2. The number of carbonyl (C=O) groups is 2. The van der Waals surface area contributed by atoms with Crippen molar-refractivity contribution in [3.05, 3.63) is 42.0 Å². The zero-order chi connectivity index (χ0) is 14.1. The van der Waals surface area contributed by atoms with Crippen LogP contribution in [0.5, 0.6) is 0 Å². The highest BCUT2D eigenvalue weighted by Gasteiger charge is 2.14. The van der Waals surface area contributed by atoms with Crippen molar-refractivity contribution in [2.24, 2.45) is 0 Å². The van der Waals surface area contributed by atoms with Gasteiger partial charge < -0.3 is 9.47 Å². The van der Waals surface area contributed by atoms with Gasteiger partial charge in [0, 0.05) is 6.92 Å². The van der Waals surface area contributed by atoms with Gasteiger partial charge in [-0.1, -0.05) is 36.4 Å². The molecule has 0 amide bonds. The maximum absolute atomic E-state index is 11.4. The van der Waals surface area contributed by atoms with Crippen LogP contribution in [0.1, 0.15) is 25.8 Å². The molecule has 0 aliphatic rings. The number of carbonyl (C=O) groups excluding carboxylic acids is 2. The van der Waals surface area contributed by atoms with E-state index in [0.29, 0.717) is 6.61 Å². The summed E-state index contributed by atoms with van der Waals surface area (Å²) in [5.74, 6) is -0.807. The third-order valence-corrected chi connectivity index (χ3v) is 2.29. The largest absolute Gasteiger partial charge is 0.466 e. The Balaban J connectivity index is 2.66. The average Bonchev–Trinajstić information content (AvgIpc) is 2.37. The molecule has 1 aromatic carbocycles. The zero-order valence-corrected chi connectivity index (χ0v) is 11.2. The van der Waals surface area contributed by atoms with E-state index in [-0.39, 0.29) is 12.4 Å². The number of benzene rings is 1. The predicted molar refractivity (Wildman–Crippen MR) is 72.3 cm³/mol. The van der Waals surface area contributed by atoms with Crippen LogP contribution < -0.4 is 0 Å². The van der Waals surface area contributed by atoms with Gasteiger partial charge in [-0.3, -0.25) is 9.59 Å². The molecule has 0 radical (unpaired) electrons. The fourth-order valence-corrected chi connectivity index (χ4v) is 1.53. The van der Waals surface area contributed by atoms with Gasteiger partial charge in [0.1, 0.15) is 6.10 Å². The minimum absolute atomic E-state index is 0.0246. The first-order valence-electron chi connectivity index (χ1n) is 6.18. The molecule has 1 rings (SSSR count). The Bertz CT molecular complexity index is 437. The van der Waals surface area contributed by atoms with Gasteiger partial charge in [-0.05, 0) is 18.6 Å². The van der Waals surface area contributed by atoms with Crippen molar-refractivity contribution in [1.82, 2.24) is 0 Å². The molecule has 0 N–H and O–H groups in total. The number of hydrogen-bond acceptors (Lipinski definition) is 4. The van der Waals surface area contributed by atoms with Gasteiger partial charge in [0.15, 0.2) is 0 Å². The second-order valence-electron chi connectivity index (χ2n) is 3.93. The average molecular weight is 262 g/mol. The van der Waals surface area contributed by atoms with Crippen LogP contribution in [0, 0.1) is 0 Å². The molecule has 0 saturated carbocycles. The van der Waals surface area contributed by atoms with Crippen LogP contribution in [0.4, 0.5) is 0 Å². The summed E-state index contributed by atoms with van der Waals surface area (Å²) in [5, 5.41) is 0. The summed E-state index contributed by atoms with van der Waals surface area (Å²) < 4.78 is 9.90. The summed E-state index contributed by atoms with van der Waals surface area (Å²) in [7, 11) is 0. The summed E-state index contributed by atoms with van der Waals surface area (Å²) >= 11 is 0. The van der Waals surface area contributed by atoms with Gasteiger partial charge >= 0.3 is 11.9 Å². The van der Waals surface area contributed by atoms with Crippen LogP contribution in [0.15, 0.2) is 36.4 Å². The molecular formula is C15H18O4. The third-order valence-electron chi connectivity index (χ3n) is 2.29. The van der Waals surface area contributed by atoms with Crippen LogP contribution in [0.2, 0.25) is 0 Å². The molecule has 102 valence electrons. The van der Waals surface area contributed by atoms with Crippen molar-refractivity contribution >= 4 is 18.0 Å².